The van der Waals surface area contributed by atoms with E-state index in [0.29, 0.717) is 11.6 Å². The number of hydrogen-bond donors (Lipinski definition) is 2. The summed E-state index contributed by atoms with van der Waals surface area (Å²) < 4.78 is 31.1. The molecule has 0 bridgehead atoms. The topological polar surface area (TPSA) is 100 Å². The maximum atomic E-state index is 12.4. The summed E-state index contributed by atoms with van der Waals surface area (Å²) in [4.78, 5) is 18.7. The molecule has 1 aromatic carbocycles. The van der Waals surface area contributed by atoms with E-state index in [2.05, 4.69) is 35.0 Å². The van der Waals surface area contributed by atoms with Crippen molar-refractivity contribution in [2.45, 2.75) is 45.1 Å². The van der Waals surface area contributed by atoms with E-state index < -0.39 is 16.1 Å². The third kappa shape index (κ3) is 6.20. The summed E-state index contributed by atoms with van der Waals surface area (Å²) in [7, 11) is -1.60. The molecule has 1 atom stereocenters. The number of carbonyl (C=O) groups excluding carboxylic acids is 1. The average Bonchev–Trinajstić information content (AvgIpc) is 3.19. The van der Waals surface area contributed by atoms with Crippen LogP contribution in [0.4, 0.5) is 10.5 Å². The molecule has 1 heterocycles. The molecule has 9 heteroatoms. The summed E-state index contributed by atoms with van der Waals surface area (Å²) in [6.45, 7) is 7.45. The van der Waals surface area contributed by atoms with Crippen LogP contribution < -0.4 is 10.0 Å². The molecule has 2 amide bonds. The summed E-state index contributed by atoms with van der Waals surface area (Å²) in [5.41, 5.74) is 4.39. The zero-order valence-corrected chi connectivity index (χ0v) is 19.8. The van der Waals surface area contributed by atoms with Gasteiger partial charge >= 0.3 is 6.03 Å². The highest BCUT2D eigenvalue weighted by Crippen LogP contribution is 2.36. The van der Waals surface area contributed by atoms with Crippen molar-refractivity contribution in [2.75, 3.05) is 31.7 Å². The molecule has 1 saturated heterocycles. The van der Waals surface area contributed by atoms with Gasteiger partial charge in [-0.2, -0.15) is 0 Å². The number of urea groups is 1. The van der Waals surface area contributed by atoms with Gasteiger partial charge in [-0.25, -0.2) is 22.9 Å². The van der Waals surface area contributed by atoms with Gasteiger partial charge in [-0.15, -0.1) is 0 Å². The Labute approximate surface area is 190 Å². The Morgan fingerprint density at radius 2 is 2.09 bits per heavy atom. The Morgan fingerprint density at radius 3 is 2.75 bits per heavy atom. The molecule has 0 radical (unpaired) electrons. The largest absolute Gasteiger partial charge is 0.473 e. The fourth-order valence-electron chi connectivity index (χ4n) is 4.31. The number of carbonyl (C=O) groups is 1. The van der Waals surface area contributed by atoms with Crippen molar-refractivity contribution >= 4 is 34.0 Å². The number of ether oxygens (including phenoxy) is 1. The highest BCUT2D eigenvalue weighted by Gasteiger charge is 2.23. The third-order valence-electron chi connectivity index (χ3n) is 5.72. The lowest BCUT2D eigenvalue weighted by Crippen LogP contribution is -2.36. The standard InChI is InChI=1S/C23H32N4O4S/c1-5-16(14-21(24-2)31-18-9-7-13-27(3)15-18)20-12-11-17-8-6-10-19(17)22(20)25-23(28)26-32(4,29)30/h5,11-12,14,18H,2,6-10,13,15H2,1,3-4H3,(H2,25,26,28)/b16-5+,21-14+. The Hall–Kier alpha value is -2.65. The zero-order valence-electron chi connectivity index (χ0n) is 19.0. The van der Waals surface area contributed by atoms with Gasteiger partial charge in [0.1, 0.15) is 6.10 Å². The van der Waals surface area contributed by atoms with E-state index in [9.17, 15) is 13.2 Å². The second-order valence-electron chi connectivity index (χ2n) is 8.34. The van der Waals surface area contributed by atoms with Crippen molar-refractivity contribution in [3.05, 3.63) is 46.9 Å². The van der Waals surface area contributed by atoms with Gasteiger partial charge in [0.15, 0.2) is 0 Å². The van der Waals surface area contributed by atoms with Gasteiger partial charge in [-0.1, -0.05) is 18.2 Å². The highest BCUT2D eigenvalue weighted by atomic mass is 32.2. The van der Waals surface area contributed by atoms with Crippen LogP contribution in [-0.4, -0.2) is 58.6 Å². The maximum Gasteiger partial charge on any atom is 0.332 e. The number of amides is 2. The molecule has 2 N–H and O–H groups in total. The Balaban J connectivity index is 1.92. The lowest BCUT2D eigenvalue weighted by atomic mass is 9.96. The molecular formula is C23H32N4O4S. The first-order valence-electron chi connectivity index (χ1n) is 10.8. The summed E-state index contributed by atoms with van der Waals surface area (Å²) in [5.74, 6) is 0.422. The molecule has 1 aromatic rings. The lowest BCUT2D eigenvalue weighted by molar-refractivity contribution is 0.0498. The first-order valence-corrected chi connectivity index (χ1v) is 12.7. The monoisotopic (exact) mass is 460 g/mol. The van der Waals surface area contributed by atoms with Crippen molar-refractivity contribution in [1.82, 2.24) is 9.62 Å². The van der Waals surface area contributed by atoms with E-state index in [4.69, 9.17) is 4.74 Å². The number of fused-ring (bicyclic) bond motifs is 1. The van der Waals surface area contributed by atoms with E-state index in [1.165, 1.54) is 0 Å². The number of nitrogens with one attached hydrogen (secondary N) is 2. The normalized spacial score (nSPS) is 19.9. The number of benzene rings is 1. The van der Waals surface area contributed by atoms with Crippen molar-refractivity contribution in [3.8, 4) is 0 Å². The molecule has 1 aliphatic heterocycles. The van der Waals surface area contributed by atoms with Crippen LogP contribution in [-0.2, 0) is 27.6 Å². The number of likely N-dealkylation sites (N-methyl/N-ethyl adjacent to an activating group) is 1. The Morgan fingerprint density at radius 1 is 1.31 bits per heavy atom. The number of piperidine rings is 1. The predicted molar refractivity (Wildman–Crippen MR) is 128 cm³/mol. The van der Waals surface area contributed by atoms with Crippen molar-refractivity contribution in [2.24, 2.45) is 4.99 Å². The van der Waals surface area contributed by atoms with Gasteiger partial charge in [-0.3, -0.25) is 0 Å². The molecule has 1 fully saturated rings. The summed E-state index contributed by atoms with van der Waals surface area (Å²) in [6, 6.07) is 3.23. The van der Waals surface area contributed by atoms with E-state index in [1.807, 2.05) is 29.9 Å². The second-order valence-corrected chi connectivity index (χ2v) is 10.1. The van der Waals surface area contributed by atoms with Crippen LogP contribution in [0.15, 0.2) is 35.2 Å². The van der Waals surface area contributed by atoms with E-state index in [0.717, 1.165) is 73.7 Å². The summed E-state index contributed by atoms with van der Waals surface area (Å²) >= 11 is 0. The van der Waals surface area contributed by atoms with Crippen LogP contribution in [0, 0.1) is 0 Å². The van der Waals surface area contributed by atoms with Crippen molar-refractivity contribution in [1.29, 1.82) is 0 Å². The fourth-order valence-corrected chi connectivity index (χ4v) is 4.70. The summed E-state index contributed by atoms with van der Waals surface area (Å²) in [5, 5.41) is 2.77. The molecule has 1 aliphatic carbocycles. The molecule has 2 aliphatic rings. The minimum atomic E-state index is -3.68. The van der Waals surface area contributed by atoms with Crippen molar-refractivity contribution < 1.29 is 17.9 Å². The van der Waals surface area contributed by atoms with Gasteiger partial charge in [-0.05, 0) is 76.0 Å². The number of nitrogens with zero attached hydrogens (tertiary/aromatic N) is 2. The van der Waals surface area contributed by atoms with E-state index in [-0.39, 0.29) is 6.10 Å². The molecule has 0 aromatic heterocycles. The second kappa shape index (κ2) is 10.3. The Kier molecular flexibility index (Phi) is 7.73. The van der Waals surface area contributed by atoms with Crippen LogP contribution in [0.2, 0.25) is 0 Å². The minimum Gasteiger partial charge on any atom is -0.473 e. The van der Waals surface area contributed by atoms with Crippen LogP contribution in [0.1, 0.15) is 42.9 Å². The number of aryl methyl sites for hydroxylation is 1. The smallest absolute Gasteiger partial charge is 0.332 e. The van der Waals surface area contributed by atoms with Gasteiger partial charge < -0.3 is 15.0 Å². The average molecular weight is 461 g/mol. The molecule has 0 saturated carbocycles. The van der Waals surface area contributed by atoms with Gasteiger partial charge in [0.2, 0.25) is 15.9 Å². The zero-order chi connectivity index (χ0) is 23.3. The van der Waals surface area contributed by atoms with E-state index in [1.54, 1.807) is 0 Å². The third-order valence-corrected chi connectivity index (χ3v) is 6.28. The first-order chi connectivity index (χ1) is 15.2. The number of hydrogen-bond acceptors (Lipinski definition) is 6. The quantitative estimate of drug-likeness (QED) is 0.369. The van der Waals surface area contributed by atoms with Crippen molar-refractivity contribution in [3.63, 3.8) is 0 Å². The number of aliphatic imine (C=N–C) groups is 1. The number of allylic oxidation sites excluding steroid dienone is 3. The molecule has 32 heavy (non-hydrogen) atoms. The molecule has 8 nitrogen and oxygen atoms in total. The van der Waals surface area contributed by atoms with Crippen LogP contribution in [0.5, 0.6) is 0 Å². The van der Waals surface area contributed by atoms with Crippen LogP contribution in [0.25, 0.3) is 5.57 Å². The van der Waals surface area contributed by atoms with Gasteiger partial charge in [0.25, 0.3) is 0 Å². The number of likely N-dealkylation sites (tertiary alicyclic amines) is 1. The minimum absolute atomic E-state index is 0.0433. The summed E-state index contributed by atoms with van der Waals surface area (Å²) in [6.07, 6.45) is 9.48. The predicted octanol–water partition coefficient (Wildman–Crippen LogP) is 3.31. The molecule has 0 spiro atoms. The molecule has 3 rings (SSSR count). The SMILES string of the molecule is C=N/C(=C\C(=C/C)c1ccc2c(c1NC(=O)NS(C)(=O)=O)CCC2)OC1CCCN(C)C1. The van der Waals surface area contributed by atoms with Crippen LogP contribution in [0.3, 0.4) is 0 Å². The Bertz CT molecular complexity index is 1050. The number of sulfonamides is 1. The van der Waals surface area contributed by atoms with Gasteiger partial charge in [0, 0.05) is 18.2 Å². The first kappa shape index (κ1) is 24.0. The maximum absolute atomic E-state index is 12.4. The highest BCUT2D eigenvalue weighted by molar-refractivity contribution is 7.89. The van der Waals surface area contributed by atoms with E-state index >= 15 is 0 Å². The molecule has 174 valence electrons. The number of anilines is 1. The number of rotatable bonds is 7. The van der Waals surface area contributed by atoms with Gasteiger partial charge in [0.05, 0.1) is 11.9 Å². The lowest BCUT2D eigenvalue weighted by Gasteiger charge is -2.30. The molecular weight excluding hydrogens is 428 g/mol. The molecule has 1 unspecified atom stereocenters. The van der Waals surface area contributed by atoms with Crippen LogP contribution >= 0.6 is 0 Å². The fraction of sp³-hybridized carbons (Fsp3) is 0.478.